The molecule has 0 amide bonds. The van der Waals surface area contributed by atoms with E-state index in [1.54, 1.807) is 24.3 Å². The second-order valence-corrected chi connectivity index (χ2v) is 6.33. The monoisotopic (exact) mass is 316 g/mol. The van der Waals surface area contributed by atoms with Gasteiger partial charge in [-0.1, -0.05) is 30.3 Å². The zero-order valence-corrected chi connectivity index (χ0v) is 12.8. The van der Waals surface area contributed by atoms with Crippen LogP contribution in [0.3, 0.4) is 0 Å². The molecule has 0 saturated carbocycles. The molecule has 2 N–H and O–H groups in total. The van der Waals surface area contributed by atoms with Gasteiger partial charge in [-0.15, -0.1) is 0 Å². The highest BCUT2D eigenvalue weighted by Gasteiger charge is 2.27. The molecule has 1 atom stereocenters. The molecule has 21 heavy (non-hydrogen) atoms. The van der Waals surface area contributed by atoms with Gasteiger partial charge in [-0.3, -0.25) is 4.79 Å². The van der Waals surface area contributed by atoms with Crippen molar-refractivity contribution in [2.45, 2.75) is 12.5 Å². The SMILES string of the molecule is COCCN(C)S(=O)(=O)N[C@@H](Cc1ccccc1)C(=O)O. The minimum Gasteiger partial charge on any atom is -0.480 e. The summed E-state index contributed by atoms with van der Waals surface area (Å²) in [7, 11) is -1.05. The maximum Gasteiger partial charge on any atom is 0.322 e. The minimum atomic E-state index is -3.87. The normalized spacial score (nSPS) is 13.3. The van der Waals surface area contributed by atoms with Gasteiger partial charge in [0, 0.05) is 20.7 Å². The predicted molar refractivity (Wildman–Crippen MR) is 78.1 cm³/mol. The first-order valence-corrected chi connectivity index (χ1v) is 7.80. The van der Waals surface area contributed by atoms with Crippen molar-refractivity contribution in [3.63, 3.8) is 0 Å². The molecule has 0 aromatic heterocycles. The molecule has 0 radical (unpaired) electrons. The third-order valence-corrected chi connectivity index (χ3v) is 4.48. The third kappa shape index (κ3) is 5.80. The smallest absolute Gasteiger partial charge is 0.322 e. The standard InChI is InChI=1S/C13H20N2O5S/c1-15(8-9-20-2)21(18,19)14-12(13(16)17)10-11-6-4-3-5-7-11/h3-7,12,14H,8-10H2,1-2H3,(H,16,17)/t12-/m0/s1. The molecule has 0 aliphatic rings. The van der Waals surface area contributed by atoms with E-state index in [4.69, 9.17) is 4.74 Å². The molecule has 1 aromatic rings. The van der Waals surface area contributed by atoms with Crippen LogP contribution in [0, 0.1) is 0 Å². The number of ether oxygens (including phenoxy) is 1. The van der Waals surface area contributed by atoms with Gasteiger partial charge >= 0.3 is 5.97 Å². The maximum absolute atomic E-state index is 12.0. The van der Waals surface area contributed by atoms with Gasteiger partial charge in [0.15, 0.2) is 0 Å². The molecule has 0 heterocycles. The van der Waals surface area contributed by atoms with Crippen LogP contribution in [0.25, 0.3) is 0 Å². The minimum absolute atomic E-state index is 0.0769. The van der Waals surface area contributed by atoms with E-state index in [1.165, 1.54) is 14.2 Å². The van der Waals surface area contributed by atoms with Crippen LogP contribution in [-0.2, 0) is 26.2 Å². The van der Waals surface area contributed by atoms with E-state index in [9.17, 15) is 18.3 Å². The molecule has 0 unspecified atom stereocenters. The van der Waals surface area contributed by atoms with Crippen molar-refractivity contribution >= 4 is 16.2 Å². The van der Waals surface area contributed by atoms with Gasteiger partial charge in [-0.2, -0.15) is 17.4 Å². The van der Waals surface area contributed by atoms with Gasteiger partial charge < -0.3 is 9.84 Å². The number of hydrogen-bond donors (Lipinski definition) is 2. The number of hydrogen-bond acceptors (Lipinski definition) is 4. The first-order chi connectivity index (χ1) is 9.86. The van der Waals surface area contributed by atoms with Crippen molar-refractivity contribution in [3.8, 4) is 0 Å². The number of likely N-dealkylation sites (N-methyl/N-ethyl adjacent to an activating group) is 1. The van der Waals surface area contributed by atoms with E-state index < -0.39 is 22.2 Å². The first-order valence-electron chi connectivity index (χ1n) is 6.36. The van der Waals surface area contributed by atoms with Crippen molar-refractivity contribution in [2.24, 2.45) is 0 Å². The average molecular weight is 316 g/mol. The van der Waals surface area contributed by atoms with E-state index in [0.717, 1.165) is 9.87 Å². The summed E-state index contributed by atoms with van der Waals surface area (Å²) in [6, 6.07) is 7.63. The zero-order valence-electron chi connectivity index (χ0n) is 12.0. The third-order valence-electron chi connectivity index (χ3n) is 2.89. The first kappa shape index (κ1) is 17.6. The van der Waals surface area contributed by atoms with E-state index in [1.807, 2.05) is 6.07 Å². The fraction of sp³-hybridized carbons (Fsp3) is 0.462. The molecule has 0 aliphatic heterocycles. The number of methoxy groups -OCH3 is 1. The Balaban J connectivity index is 2.76. The Kier molecular flexibility index (Phi) is 6.76. The molecule has 0 aliphatic carbocycles. The molecule has 118 valence electrons. The Morgan fingerprint density at radius 3 is 2.52 bits per heavy atom. The van der Waals surface area contributed by atoms with E-state index in [0.29, 0.717) is 0 Å². The highest BCUT2D eigenvalue weighted by molar-refractivity contribution is 7.87. The summed E-state index contributed by atoms with van der Waals surface area (Å²) in [6.07, 6.45) is 0.0769. The van der Waals surface area contributed by atoms with Crippen molar-refractivity contribution in [1.29, 1.82) is 0 Å². The lowest BCUT2D eigenvalue weighted by atomic mass is 10.1. The highest BCUT2D eigenvalue weighted by Crippen LogP contribution is 2.06. The van der Waals surface area contributed by atoms with Crippen LogP contribution in [0.15, 0.2) is 30.3 Å². The summed E-state index contributed by atoms with van der Waals surface area (Å²) < 4.78 is 32.1. The summed E-state index contributed by atoms with van der Waals surface area (Å²) in [5, 5.41) is 9.19. The summed E-state index contributed by atoms with van der Waals surface area (Å²) >= 11 is 0. The molecule has 0 spiro atoms. The fourth-order valence-electron chi connectivity index (χ4n) is 1.64. The van der Waals surface area contributed by atoms with Crippen LogP contribution in [0.1, 0.15) is 5.56 Å². The Bertz CT molecular complexity index is 547. The van der Waals surface area contributed by atoms with Gasteiger partial charge in [0.1, 0.15) is 6.04 Å². The number of benzene rings is 1. The molecule has 7 nitrogen and oxygen atoms in total. The molecule has 0 saturated heterocycles. The Morgan fingerprint density at radius 1 is 1.38 bits per heavy atom. The Morgan fingerprint density at radius 2 is 2.00 bits per heavy atom. The molecular weight excluding hydrogens is 296 g/mol. The van der Waals surface area contributed by atoms with Crippen molar-refractivity contribution in [1.82, 2.24) is 9.03 Å². The van der Waals surface area contributed by atoms with Crippen LogP contribution in [0.5, 0.6) is 0 Å². The van der Waals surface area contributed by atoms with Gasteiger partial charge in [0.25, 0.3) is 10.2 Å². The second-order valence-electron chi connectivity index (χ2n) is 4.52. The number of carbonyl (C=O) groups is 1. The van der Waals surface area contributed by atoms with Crippen molar-refractivity contribution in [3.05, 3.63) is 35.9 Å². The van der Waals surface area contributed by atoms with Gasteiger partial charge in [-0.25, -0.2) is 0 Å². The molecule has 0 bridgehead atoms. The molecule has 0 fully saturated rings. The molecule has 8 heteroatoms. The number of rotatable bonds is 9. The van der Waals surface area contributed by atoms with Crippen LogP contribution in [0.2, 0.25) is 0 Å². The molecular formula is C13H20N2O5S. The summed E-state index contributed by atoms with van der Waals surface area (Å²) in [4.78, 5) is 11.2. The van der Waals surface area contributed by atoms with Crippen LogP contribution < -0.4 is 4.72 Å². The Labute approximate surface area is 124 Å². The summed E-state index contributed by atoms with van der Waals surface area (Å²) in [5.41, 5.74) is 0.743. The zero-order chi connectivity index (χ0) is 15.9. The lowest BCUT2D eigenvalue weighted by Gasteiger charge is -2.21. The van der Waals surface area contributed by atoms with E-state index in [-0.39, 0.29) is 19.6 Å². The highest BCUT2D eigenvalue weighted by atomic mass is 32.2. The van der Waals surface area contributed by atoms with Crippen LogP contribution >= 0.6 is 0 Å². The number of nitrogens with zero attached hydrogens (tertiary/aromatic N) is 1. The van der Waals surface area contributed by atoms with Crippen molar-refractivity contribution in [2.75, 3.05) is 27.3 Å². The Hall–Kier alpha value is -1.48. The van der Waals surface area contributed by atoms with Gasteiger partial charge in [0.05, 0.1) is 6.61 Å². The number of nitrogens with one attached hydrogen (secondary N) is 1. The van der Waals surface area contributed by atoms with E-state index in [2.05, 4.69) is 4.72 Å². The second kappa shape index (κ2) is 8.08. The van der Waals surface area contributed by atoms with Gasteiger partial charge in [-0.05, 0) is 12.0 Å². The number of carboxylic acid groups (broad SMARTS) is 1. The number of carboxylic acids is 1. The van der Waals surface area contributed by atoms with Crippen molar-refractivity contribution < 1.29 is 23.1 Å². The molecule has 1 aromatic carbocycles. The topological polar surface area (TPSA) is 95.9 Å². The quantitative estimate of drug-likeness (QED) is 0.673. The summed E-state index contributed by atoms with van der Waals surface area (Å²) in [5.74, 6) is -1.22. The van der Waals surface area contributed by atoms with E-state index >= 15 is 0 Å². The fourth-order valence-corrected chi connectivity index (χ4v) is 2.68. The lowest BCUT2D eigenvalue weighted by molar-refractivity contribution is -0.138. The summed E-state index contributed by atoms with van der Waals surface area (Å²) in [6.45, 7) is 0.372. The van der Waals surface area contributed by atoms with Crippen LogP contribution in [0.4, 0.5) is 0 Å². The van der Waals surface area contributed by atoms with Gasteiger partial charge in [0.2, 0.25) is 0 Å². The number of aliphatic carboxylic acids is 1. The predicted octanol–water partition coefficient (Wildman–Crippen LogP) is 0.0949. The molecule has 1 rings (SSSR count). The average Bonchev–Trinajstić information content (AvgIpc) is 2.44. The van der Waals surface area contributed by atoms with Crippen LogP contribution in [-0.4, -0.2) is 57.1 Å². The lowest BCUT2D eigenvalue weighted by Crippen LogP contribution is -2.48. The maximum atomic E-state index is 12.0. The largest absolute Gasteiger partial charge is 0.480 e.